The van der Waals surface area contributed by atoms with Crippen LogP contribution in [0.5, 0.6) is 0 Å². The monoisotopic (exact) mass is 323 g/mol. The van der Waals surface area contributed by atoms with E-state index >= 15 is 0 Å². The lowest BCUT2D eigenvalue weighted by atomic mass is 9.86. The van der Waals surface area contributed by atoms with Gasteiger partial charge in [0.15, 0.2) is 0 Å². The quantitative estimate of drug-likeness (QED) is 0.830. The Morgan fingerprint density at radius 2 is 1.57 bits per heavy atom. The van der Waals surface area contributed by atoms with E-state index in [4.69, 9.17) is 9.47 Å². The molecule has 6 heteroatoms. The highest BCUT2D eigenvalue weighted by atomic mass is 16.5. The molecule has 0 unspecified atom stereocenters. The number of likely N-dealkylation sites (tertiary alicyclic amines) is 1. The highest BCUT2D eigenvalue weighted by Crippen LogP contribution is 2.36. The summed E-state index contributed by atoms with van der Waals surface area (Å²) in [7, 11) is 0. The van der Waals surface area contributed by atoms with Gasteiger partial charge in [-0.05, 0) is 38.5 Å². The molecule has 6 nitrogen and oxygen atoms in total. The first-order chi connectivity index (χ1) is 11.3. The first-order valence-electron chi connectivity index (χ1n) is 9.25. The highest BCUT2D eigenvalue weighted by Gasteiger charge is 2.49. The average Bonchev–Trinajstić information content (AvgIpc) is 2.92. The molecule has 4 aliphatic rings. The lowest BCUT2D eigenvalue weighted by Crippen LogP contribution is -2.58. The van der Waals surface area contributed by atoms with Gasteiger partial charge in [-0.15, -0.1) is 0 Å². The molecular weight excluding hydrogens is 294 g/mol. The smallest absolute Gasteiger partial charge is 0.318 e. The second-order valence-corrected chi connectivity index (χ2v) is 7.48. The van der Waals surface area contributed by atoms with Gasteiger partial charge in [0.1, 0.15) is 0 Å². The Kier molecular flexibility index (Phi) is 4.48. The van der Waals surface area contributed by atoms with Crippen molar-refractivity contribution in [1.82, 2.24) is 15.1 Å². The number of nitrogens with zero attached hydrogens (tertiary/aromatic N) is 2. The van der Waals surface area contributed by atoms with Crippen LogP contribution >= 0.6 is 0 Å². The van der Waals surface area contributed by atoms with Gasteiger partial charge in [-0.3, -0.25) is 0 Å². The standard InChI is InChI=1S/C17H29N3O3/c21-16-18-13-17(5-11-23-12-6-17)20(16)15-1-7-19(8-2-15)14-3-9-22-10-4-14/h14-15H,1-13H2,(H,18,21). The number of carbonyl (C=O) groups is 1. The molecule has 0 aliphatic carbocycles. The molecule has 0 bridgehead atoms. The number of hydrogen-bond acceptors (Lipinski definition) is 4. The number of ether oxygens (including phenoxy) is 2. The Balaban J connectivity index is 1.39. The number of rotatable bonds is 2. The molecule has 0 aromatic heterocycles. The third kappa shape index (κ3) is 2.96. The molecule has 0 atom stereocenters. The van der Waals surface area contributed by atoms with E-state index in [1.807, 2.05) is 0 Å². The minimum atomic E-state index is 0.0147. The lowest BCUT2D eigenvalue weighted by molar-refractivity contribution is -0.0247. The number of piperidine rings is 1. The first-order valence-corrected chi connectivity index (χ1v) is 9.25. The summed E-state index contributed by atoms with van der Waals surface area (Å²) in [4.78, 5) is 17.3. The van der Waals surface area contributed by atoms with Crippen molar-refractivity contribution in [2.45, 2.75) is 56.1 Å². The summed E-state index contributed by atoms with van der Waals surface area (Å²) in [5.41, 5.74) is 0.0147. The van der Waals surface area contributed by atoms with Gasteiger partial charge in [0.2, 0.25) is 0 Å². The molecule has 0 radical (unpaired) electrons. The molecule has 2 amide bonds. The van der Waals surface area contributed by atoms with E-state index in [1.54, 1.807) is 0 Å². The van der Waals surface area contributed by atoms with Gasteiger partial charge < -0.3 is 24.6 Å². The van der Waals surface area contributed by atoms with Crippen LogP contribution in [-0.2, 0) is 9.47 Å². The minimum Gasteiger partial charge on any atom is -0.381 e. The third-order valence-corrected chi connectivity index (χ3v) is 6.29. The number of hydrogen-bond donors (Lipinski definition) is 1. The Labute approximate surface area is 138 Å². The van der Waals surface area contributed by atoms with Crippen LogP contribution in [0.3, 0.4) is 0 Å². The van der Waals surface area contributed by atoms with Crippen molar-refractivity contribution < 1.29 is 14.3 Å². The Hall–Kier alpha value is -0.850. The van der Waals surface area contributed by atoms with Crippen molar-refractivity contribution >= 4 is 6.03 Å². The molecule has 1 N–H and O–H groups in total. The topological polar surface area (TPSA) is 54.0 Å². The van der Waals surface area contributed by atoms with Crippen molar-refractivity contribution in [3.63, 3.8) is 0 Å². The van der Waals surface area contributed by atoms with E-state index in [-0.39, 0.29) is 11.6 Å². The minimum absolute atomic E-state index is 0.0147. The molecule has 0 saturated carbocycles. The maximum absolute atomic E-state index is 12.5. The van der Waals surface area contributed by atoms with E-state index in [2.05, 4.69) is 15.1 Å². The second kappa shape index (κ2) is 6.57. The van der Waals surface area contributed by atoms with Crippen molar-refractivity contribution in [2.24, 2.45) is 0 Å². The largest absolute Gasteiger partial charge is 0.381 e. The van der Waals surface area contributed by atoms with Gasteiger partial charge >= 0.3 is 6.03 Å². The first kappa shape index (κ1) is 15.7. The van der Waals surface area contributed by atoms with E-state index < -0.39 is 0 Å². The molecular formula is C17H29N3O3. The van der Waals surface area contributed by atoms with E-state index in [0.717, 1.165) is 84.6 Å². The Bertz CT molecular complexity index is 425. The van der Waals surface area contributed by atoms with Gasteiger partial charge in [-0.1, -0.05) is 0 Å². The van der Waals surface area contributed by atoms with Crippen molar-refractivity contribution in [3.05, 3.63) is 0 Å². The normalized spacial score (nSPS) is 30.8. The van der Waals surface area contributed by atoms with Crippen LogP contribution in [0.4, 0.5) is 4.79 Å². The van der Waals surface area contributed by atoms with Crippen molar-refractivity contribution in [1.29, 1.82) is 0 Å². The highest BCUT2D eigenvalue weighted by molar-refractivity contribution is 5.78. The maximum atomic E-state index is 12.5. The molecule has 130 valence electrons. The van der Waals surface area contributed by atoms with Crippen molar-refractivity contribution in [3.8, 4) is 0 Å². The molecule has 0 aromatic rings. The summed E-state index contributed by atoms with van der Waals surface area (Å²) >= 11 is 0. The van der Waals surface area contributed by atoms with Crippen LogP contribution < -0.4 is 5.32 Å². The van der Waals surface area contributed by atoms with E-state index in [0.29, 0.717) is 12.1 Å². The number of carbonyl (C=O) groups excluding carboxylic acids is 1. The zero-order valence-corrected chi connectivity index (χ0v) is 14.0. The SMILES string of the molecule is O=C1NCC2(CCOCC2)N1C1CCN(C2CCOCC2)CC1. The molecule has 4 aliphatic heterocycles. The third-order valence-electron chi connectivity index (χ3n) is 6.29. The van der Waals surface area contributed by atoms with Gasteiger partial charge in [0.05, 0.1) is 5.54 Å². The molecule has 4 fully saturated rings. The Morgan fingerprint density at radius 3 is 2.26 bits per heavy atom. The fraction of sp³-hybridized carbons (Fsp3) is 0.941. The van der Waals surface area contributed by atoms with Crippen LogP contribution in [0.25, 0.3) is 0 Å². The fourth-order valence-corrected chi connectivity index (χ4v) is 4.91. The van der Waals surface area contributed by atoms with Gasteiger partial charge in [0.25, 0.3) is 0 Å². The van der Waals surface area contributed by atoms with Crippen LogP contribution in [0.1, 0.15) is 38.5 Å². The Morgan fingerprint density at radius 1 is 0.913 bits per heavy atom. The molecule has 23 heavy (non-hydrogen) atoms. The number of amides is 2. The second-order valence-electron chi connectivity index (χ2n) is 7.48. The lowest BCUT2D eigenvalue weighted by Gasteiger charge is -2.47. The summed E-state index contributed by atoms with van der Waals surface area (Å²) in [5.74, 6) is 0. The fourth-order valence-electron chi connectivity index (χ4n) is 4.91. The van der Waals surface area contributed by atoms with Gasteiger partial charge in [-0.25, -0.2) is 4.79 Å². The van der Waals surface area contributed by atoms with Crippen molar-refractivity contribution in [2.75, 3.05) is 46.1 Å². The van der Waals surface area contributed by atoms with Crippen LogP contribution in [0, 0.1) is 0 Å². The van der Waals surface area contributed by atoms with E-state index in [9.17, 15) is 4.79 Å². The maximum Gasteiger partial charge on any atom is 0.318 e. The summed E-state index contributed by atoms with van der Waals surface area (Å²) in [5, 5.41) is 3.10. The molecule has 4 heterocycles. The van der Waals surface area contributed by atoms with Crippen LogP contribution in [0.2, 0.25) is 0 Å². The molecule has 1 spiro atoms. The zero-order chi connectivity index (χ0) is 15.7. The van der Waals surface area contributed by atoms with Gasteiger partial charge in [0, 0.05) is 58.1 Å². The molecule has 4 rings (SSSR count). The number of nitrogens with one attached hydrogen (secondary N) is 1. The van der Waals surface area contributed by atoms with Crippen LogP contribution in [0.15, 0.2) is 0 Å². The van der Waals surface area contributed by atoms with E-state index in [1.165, 1.54) is 0 Å². The predicted molar refractivity (Wildman–Crippen MR) is 86.5 cm³/mol. The molecule has 4 saturated heterocycles. The summed E-state index contributed by atoms with van der Waals surface area (Å²) in [6.45, 7) is 6.41. The summed E-state index contributed by atoms with van der Waals surface area (Å²) in [6.07, 6.45) is 6.49. The number of urea groups is 1. The summed E-state index contributed by atoms with van der Waals surface area (Å²) in [6, 6.07) is 1.23. The zero-order valence-electron chi connectivity index (χ0n) is 14.0. The molecule has 0 aromatic carbocycles. The van der Waals surface area contributed by atoms with Gasteiger partial charge in [-0.2, -0.15) is 0 Å². The predicted octanol–water partition coefficient (Wildman–Crippen LogP) is 1.20. The summed E-state index contributed by atoms with van der Waals surface area (Å²) < 4.78 is 11.0. The average molecular weight is 323 g/mol. The van der Waals surface area contributed by atoms with Crippen LogP contribution in [-0.4, -0.2) is 79.5 Å².